The van der Waals surface area contributed by atoms with Crippen molar-refractivity contribution in [3.05, 3.63) is 0 Å². The number of hydrazine groups is 1. The van der Waals surface area contributed by atoms with Crippen LogP contribution in [0, 0.1) is 5.41 Å². The summed E-state index contributed by atoms with van der Waals surface area (Å²) >= 11 is 0. The third kappa shape index (κ3) is 1.75. The van der Waals surface area contributed by atoms with Gasteiger partial charge in [-0.1, -0.05) is 0 Å². The topological polar surface area (TPSA) is 56.4 Å². The smallest absolute Gasteiger partial charge is 0.255 e. The van der Waals surface area contributed by atoms with Crippen molar-refractivity contribution in [3.8, 4) is 0 Å². The molecular formula is C10H18N4O. The molecule has 2 aliphatic heterocycles. The maximum atomic E-state index is 12.0. The summed E-state index contributed by atoms with van der Waals surface area (Å²) in [6.07, 6.45) is 4.96. The SMILES string of the molecule is O=C(C1NCNN1)N1CCC2(CC1)CC2. The summed E-state index contributed by atoms with van der Waals surface area (Å²) in [5.41, 5.74) is 6.49. The molecule has 5 heteroatoms. The van der Waals surface area contributed by atoms with E-state index in [1.165, 1.54) is 25.7 Å². The summed E-state index contributed by atoms with van der Waals surface area (Å²) in [6.45, 7) is 2.55. The molecule has 1 amide bonds. The first kappa shape index (κ1) is 9.57. The van der Waals surface area contributed by atoms with E-state index in [4.69, 9.17) is 0 Å². The minimum atomic E-state index is -0.224. The van der Waals surface area contributed by atoms with Gasteiger partial charge in [-0.05, 0) is 31.1 Å². The van der Waals surface area contributed by atoms with Crippen molar-refractivity contribution in [2.24, 2.45) is 5.41 Å². The zero-order valence-electron chi connectivity index (χ0n) is 8.88. The summed E-state index contributed by atoms with van der Waals surface area (Å²) in [6, 6.07) is 0. The number of rotatable bonds is 1. The highest BCUT2D eigenvalue weighted by atomic mass is 16.2. The Balaban J connectivity index is 1.56. The number of hydrogen-bond donors (Lipinski definition) is 3. The Morgan fingerprint density at radius 3 is 2.47 bits per heavy atom. The van der Waals surface area contributed by atoms with Crippen LogP contribution in [0.2, 0.25) is 0 Å². The molecule has 3 N–H and O–H groups in total. The lowest BCUT2D eigenvalue weighted by Crippen LogP contribution is -2.52. The van der Waals surface area contributed by atoms with Crippen molar-refractivity contribution < 1.29 is 4.79 Å². The van der Waals surface area contributed by atoms with Gasteiger partial charge in [0.1, 0.15) is 0 Å². The van der Waals surface area contributed by atoms with E-state index in [1.807, 2.05) is 4.90 Å². The Kier molecular flexibility index (Phi) is 2.19. The summed E-state index contributed by atoms with van der Waals surface area (Å²) in [5.74, 6) is 0.190. The molecule has 0 aromatic heterocycles. The van der Waals surface area contributed by atoms with Gasteiger partial charge in [-0.25, -0.2) is 10.9 Å². The van der Waals surface area contributed by atoms with Crippen LogP contribution in [0.5, 0.6) is 0 Å². The molecule has 2 saturated heterocycles. The van der Waals surface area contributed by atoms with Crippen molar-refractivity contribution in [1.29, 1.82) is 0 Å². The van der Waals surface area contributed by atoms with Crippen LogP contribution < -0.4 is 16.2 Å². The zero-order valence-corrected chi connectivity index (χ0v) is 8.88. The molecule has 0 bridgehead atoms. The van der Waals surface area contributed by atoms with Gasteiger partial charge >= 0.3 is 0 Å². The van der Waals surface area contributed by atoms with Gasteiger partial charge in [0.2, 0.25) is 0 Å². The molecule has 0 aromatic rings. The molecule has 1 spiro atoms. The lowest BCUT2D eigenvalue weighted by molar-refractivity contribution is -0.135. The predicted octanol–water partition coefficient (Wildman–Crippen LogP) is -0.630. The van der Waals surface area contributed by atoms with E-state index in [2.05, 4.69) is 16.2 Å². The first-order chi connectivity index (χ1) is 7.29. The van der Waals surface area contributed by atoms with Gasteiger partial charge in [0, 0.05) is 13.1 Å². The lowest BCUT2D eigenvalue weighted by Gasteiger charge is -2.33. The second kappa shape index (κ2) is 3.43. The fraction of sp³-hybridized carbons (Fsp3) is 0.900. The molecule has 15 heavy (non-hydrogen) atoms. The van der Waals surface area contributed by atoms with Crippen LogP contribution in [-0.4, -0.2) is 36.7 Å². The maximum absolute atomic E-state index is 12.0. The maximum Gasteiger partial charge on any atom is 0.255 e. The highest BCUT2D eigenvalue weighted by Gasteiger charge is 2.45. The van der Waals surface area contributed by atoms with E-state index in [1.54, 1.807) is 0 Å². The van der Waals surface area contributed by atoms with Crippen molar-refractivity contribution in [2.75, 3.05) is 19.8 Å². The Morgan fingerprint density at radius 1 is 1.20 bits per heavy atom. The second-order valence-electron chi connectivity index (χ2n) is 4.96. The zero-order chi connectivity index (χ0) is 10.3. The van der Waals surface area contributed by atoms with E-state index >= 15 is 0 Å². The number of likely N-dealkylation sites (tertiary alicyclic amines) is 1. The number of piperidine rings is 1. The van der Waals surface area contributed by atoms with Crippen LogP contribution in [0.4, 0.5) is 0 Å². The van der Waals surface area contributed by atoms with E-state index in [0.29, 0.717) is 12.1 Å². The normalized spacial score (nSPS) is 33.3. The van der Waals surface area contributed by atoms with Crippen LogP contribution in [0.1, 0.15) is 25.7 Å². The highest BCUT2D eigenvalue weighted by Crippen LogP contribution is 2.53. The van der Waals surface area contributed by atoms with E-state index in [9.17, 15) is 4.79 Å². The van der Waals surface area contributed by atoms with Crippen LogP contribution >= 0.6 is 0 Å². The molecule has 3 fully saturated rings. The van der Waals surface area contributed by atoms with E-state index in [-0.39, 0.29) is 12.1 Å². The monoisotopic (exact) mass is 210 g/mol. The first-order valence-corrected chi connectivity index (χ1v) is 5.80. The average molecular weight is 210 g/mol. The van der Waals surface area contributed by atoms with Crippen molar-refractivity contribution in [2.45, 2.75) is 31.8 Å². The van der Waals surface area contributed by atoms with Gasteiger partial charge in [0.05, 0.1) is 6.67 Å². The predicted molar refractivity (Wildman–Crippen MR) is 55.5 cm³/mol. The van der Waals surface area contributed by atoms with Gasteiger partial charge in [0.25, 0.3) is 5.91 Å². The van der Waals surface area contributed by atoms with Gasteiger partial charge in [-0.15, -0.1) is 0 Å². The lowest BCUT2D eigenvalue weighted by atomic mass is 9.93. The minimum absolute atomic E-state index is 0.190. The van der Waals surface area contributed by atoms with Crippen LogP contribution in [-0.2, 0) is 4.79 Å². The number of nitrogens with zero attached hydrogens (tertiary/aromatic N) is 1. The molecule has 0 aromatic carbocycles. The van der Waals surface area contributed by atoms with Gasteiger partial charge in [0.15, 0.2) is 6.17 Å². The second-order valence-corrected chi connectivity index (χ2v) is 4.96. The minimum Gasteiger partial charge on any atom is -0.340 e. The molecule has 1 aliphatic carbocycles. The highest BCUT2D eigenvalue weighted by molar-refractivity contribution is 5.81. The van der Waals surface area contributed by atoms with Crippen molar-refractivity contribution >= 4 is 5.91 Å². The summed E-state index contributed by atoms with van der Waals surface area (Å²) in [5, 5.41) is 3.08. The number of hydrogen-bond acceptors (Lipinski definition) is 4. The van der Waals surface area contributed by atoms with Crippen LogP contribution in [0.25, 0.3) is 0 Å². The number of carbonyl (C=O) groups is 1. The van der Waals surface area contributed by atoms with Gasteiger partial charge < -0.3 is 4.90 Å². The van der Waals surface area contributed by atoms with Crippen LogP contribution in [0.15, 0.2) is 0 Å². The largest absolute Gasteiger partial charge is 0.340 e. The molecule has 1 atom stereocenters. The van der Waals surface area contributed by atoms with Crippen LogP contribution in [0.3, 0.4) is 0 Å². The van der Waals surface area contributed by atoms with Crippen molar-refractivity contribution in [3.63, 3.8) is 0 Å². The Bertz CT molecular complexity index is 261. The number of amides is 1. The van der Waals surface area contributed by atoms with E-state index in [0.717, 1.165) is 13.1 Å². The molecular weight excluding hydrogens is 192 g/mol. The Morgan fingerprint density at radius 2 is 1.93 bits per heavy atom. The third-order valence-corrected chi connectivity index (χ3v) is 3.98. The summed E-state index contributed by atoms with van der Waals surface area (Å²) in [4.78, 5) is 14.0. The molecule has 2 heterocycles. The molecule has 3 rings (SSSR count). The quantitative estimate of drug-likeness (QED) is 0.539. The molecule has 84 valence electrons. The third-order valence-electron chi connectivity index (χ3n) is 3.98. The summed E-state index contributed by atoms with van der Waals surface area (Å²) in [7, 11) is 0. The first-order valence-electron chi connectivity index (χ1n) is 5.80. The molecule has 3 aliphatic rings. The number of carbonyl (C=O) groups excluding carboxylic acids is 1. The average Bonchev–Trinajstić information content (AvgIpc) is 2.84. The Labute approximate surface area is 89.5 Å². The number of nitrogens with one attached hydrogen (secondary N) is 3. The standard InChI is InChI=1S/C10H18N4O/c15-9(8-11-7-12-13-8)14-5-3-10(1-2-10)4-6-14/h8,11-13H,1-7H2. The van der Waals surface area contributed by atoms with Crippen molar-refractivity contribution in [1.82, 2.24) is 21.1 Å². The van der Waals surface area contributed by atoms with Gasteiger partial charge in [-0.3, -0.25) is 10.1 Å². The fourth-order valence-electron chi connectivity index (χ4n) is 2.57. The summed E-state index contributed by atoms with van der Waals surface area (Å²) < 4.78 is 0. The van der Waals surface area contributed by atoms with Gasteiger partial charge in [-0.2, -0.15) is 0 Å². The molecule has 1 saturated carbocycles. The molecule has 0 radical (unpaired) electrons. The molecule has 1 unspecified atom stereocenters. The van der Waals surface area contributed by atoms with E-state index < -0.39 is 0 Å². The molecule has 5 nitrogen and oxygen atoms in total. The Hall–Kier alpha value is -0.650. The fourth-order valence-corrected chi connectivity index (χ4v) is 2.57.